The summed E-state index contributed by atoms with van der Waals surface area (Å²) >= 11 is 0. The number of nitrogens with zero attached hydrogens (tertiary/aromatic N) is 1. The third kappa shape index (κ3) is 7.31. The smallest absolute Gasteiger partial charge is 0.212 e. The molecule has 1 fully saturated rings. The molecular formula is C12H27N3O2S. The molecule has 2 N–H and O–H groups in total. The molecule has 108 valence electrons. The Hall–Kier alpha value is -0.170. The summed E-state index contributed by atoms with van der Waals surface area (Å²) in [5.74, 6) is 0.168. The van der Waals surface area contributed by atoms with Crippen LogP contribution in [0.1, 0.15) is 26.7 Å². The molecule has 0 unspecified atom stereocenters. The number of hydrogen-bond acceptors (Lipinski definition) is 4. The second-order valence-electron chi connectivity index (χ2n) is 6.27. The number of rotatable bonds is 9. The highest BCUT2D eigenvalue weighted by molar-refractivity contribution is 7.89. The highest BCUT2D eigenvalue weighted by Gasteiger charge is 2.23. The summed E-state index contributed by atoms with van der Waals surface area (Å²) in [5.41, 5.74) is -0.0551. The predicted molar refractivity (Wildman–Crippen MR) is 75.1 cm³/mol. The van der Waals surface area contributed by atoms with E-state index in [4.69, 9.17) is 0 Å². The second-order valence-corrected chi connectivity index (χ2v) is 8.20. The van der Waals surface area contributed by atoms with Gasteiger partial charge in [0.05, 0.1) is 5.75 Å². The van der Waals surface area contributed by atoms with Crippen LogP contribution in [0.15, 0.2) is 0 Å². The lowest BCUT2D eigenvalue weighted by molar-refractivity contribution is 0.242. The molecule has 0 saturated heterocycles. The van der Waals surface area contributed by atoms with Crippen molar-refractivity contribution in [3.05, 3.63) is 0 Å². The molecular weight excluding hydrogens is 250 g/mol. The van der Waals surface area contributed by atoms with Crippen LogP contribution in [-0.4, -0.2) is 58.8 Å². The van der Waals surface area contributed by atoms with Crippen LogP contribution in [0, 0.1) is 5.41 Å². The molecule has 0 heterocycles. The van der Waals surface area contributed by atoms with Crippen LogP contribution in [0.2, 0.25) is 0 Å². The van der Waals surface area contributed by atoms with E-state index in [1.54, 1.807) is 0 Å². The van der Waals surface area contributed by atoms with Crippen molar-refractivity contribution >= 4 is 10.0 Å². The van der Waals surface area contributed by atoms with Gasteiger partial charge in [-0.2, -0.15) is 0 Å². The molecule has 0 spiro atoms. The molecule has 1 saturated carbocycles. The first-order chi connectivity index (χ1) is 8.20. The average molecular weight is 277 g/mol. The Morgan fingerprint density at radius 3 is 2.39 bits per heavy atom. The van der Waals surface area contributed by atoms with E-state index in [1.165, 1.54) is 12.8 Å². The first kappa shape index (κ1) is 15.9. The van der Waals surface area contributed by atoms with Gasteiger partial charge in [-0.3, -0.25) is 0 Å². The van der Waals surface area contributed by atoms with Gasteiger partial charge < -0.3 is 10.2 Å². The lowest BCUT2D eigenvalue weighted by Crippen LogP contribution is -2.41. The minimum absolute atomic E-state index is 0.0551. The standard InChI is InChI=1S/C12H27N3O2S/c1-12(2,10-15(3)4)9-14-18(16,17)8-7-13-11-5-6-11/h11,13-14H,5-10H2,1-4H3. The molecule has 0 aliphatic heterocycles. The van der Waals surface area contributed by atoms with Crippen molar-refractivity contribution in [3.8, 4) is 0 Å². The van der Waals surface area contributed by atoms with E-state index >= 15 is 0 Å². The molecule has 0 aromatic rings. The van der Waals surface area contributed by atoms with E-state index in [0.717, 1.165) is 6.54 Å². The maximum atomic E-state index is 11.8. The lowest BCUT2D eigenvalue weighted by Gasteiger charge is -2.28. The highest BCUT2D eigenvalue weighted by atomic mass is 32.2. The van der Waals surface area contributed by atoms with Gasteiger partial charge in [-0.15, -0.1) is 0 Å². The lowest BCUT2D eigenvalue weighted by atomic mass is 9.93. The molecule has 6 heteroatoms. The van der Waals surface area contributed by atoms with Gasteiger partial charge in [0, 0.05) is 25.7 Å². The van der Waals surface area contributed by atoms with Crippen molar-refractivity contribution in [3.63, 3.8) is 0 Å². The minimum Gasteiger partial charge on any atom is -0.313 e. The SMILES string of the molecule is CN(C)CC(C)(C)CNS(=O)(=O)CCNC1CC1. The molecule has 18 heavy (non-hydrogen) atoms. The fourth-order valence-electron chi connectivity index (χ4n) is 1.97. The van der Waals surface area contributed by atoms with Gasteiger partial charge in [0.25, 0.3) is 0 Å². The quantitative estimate of drug-likeness (QED) is 0.634. The average Bonchev–Trinajstić information content (AvgIpc) is 2.97. The zero-order valence-corrected chi connectivity index (χ0v) is 12.8. The van der Waals surface area contributed by atoms with E-state index in [0.29, 0.717) is 19.1 Å². The molecule has 0 atom stereocenters. The number of sulfonamides is 1. The zero-order valence-electron chi connectivity index (χ0n) is 12.0. The molecule has 0 bridgehead atoms. The van der Waals surface area contributed by atoms with E-state index in [2.05, 4.69) is 28.8 Å². The van der Waals surface area contributed by atoms with Gasteiger partial charge in [0.15, 0.2) is 0 Å². The Balaban J connectivity index is 2.26. The molecule has 0 amide bonds. The summed E-state index contributed by atoms with van der Waals surface area (Å²) in [6.07, 6.45) is 2.37. The van der Waals surface area contributed by atoms with Crippen molar-refractivity contribution in [2.45, 2.75) is 32.7 Å². The van der Waals surface area contributed by atoms with Crippen molar-refractivity contribution in [2.24, 2.45) is 5.41 Å². The number of hydrogen-bond donors (Lipinski definition) is 2. The Bertz CT molecular complexity index is 348. The van der Waals surface area contributed by atoms with E-state index in [-0.39, 0.29) is 11.2 Å². The van der Waals surface area contributed by atoms with Crippen molar-refractivity contribution in [1.29, 1.82) is 0 Å². The monoisotopic (exact) mass is 277 g/mol. The van der Waals surface area contributed by atoms with Crippen LogP contribution in [-0.2, 0) is 10.0 Å². The van der Waals surface area contributed by atoms with Gasteiger partial charge in [-0.1, -0.05) is 13.8 Å². The molecule has 1 aliphatic carbocycles. The largest absolute Gasteiger partial charge is 0.313 e. The third-order valence-electron chi connectivity index (χ3n) is 2.90. The zero-order chi connectivity index (χ0) is 13.8. The van der Waals surface area contributed by atoms with Crippen LogP contribution < -0.4 is 10.0 Å². The van der Waals surface area contributed by atoms with Gasteiger partial charge in [-0.05, 0) is 32.4 Å². The van der Waals surface area contributed by atoms with Crippen LogP contribution in [0.5, 0.6) is 0 Å². The fourth-order valence-corrected chi connectivity index (χ4v) is 3.12. The predicted octanol–water partition coefficient (Wildman–Crippen LogP) is 0.246. The van der Waals surface area contributed by atoms with Crippen LogP contribution in [0.3, 0.4) is 0 Å². The molecule has 1 rings (SSSR count). The second kappa shape index (κ2) is 6.32. The Labute approximate surface area is 111 Å². The van der Waals surface area contributed by atoms with E-state index in [1.807, 2.05) is 14.1 Å². The fraction of sp³-hybridized carbons (Fsp3) is 1.00. The Kier molecular flexibility index (Phi) is 5.58. The molecule has 0 aromatic heterocycles. The van der Waals surface area contributed by atoms with Crippen molar-refractivity contribution in [1.82, 2.24) is 14.9 Å². The van der Waals surface area contributed by atoms with Gasteiger partial charge in [0.1, 0.15) is 0 Å². The summed E-state index contributed by atoms with van der Waals surface area (Å²) in [6, 6.07) is 0.561. The molecule has 1 aliphatic rings. The summed E-state index contributed by atoms with van der Waals surface area (Å²) in [4.78, 5) is 2.07. The highest BCUT2D eigenvalue weighted by Crippen LogP contribution is 2.18. The first-order valence-electron chi connectivity index (χ1n) is 6.56. The van der Waals surface area contributed by atoms with Gasteiger partial charge in [0.2, 0.25) is 10.0 Å². The Morgan fingerprint density at radius 1 is 1.28 bits per heavy atom. The summed E-state index contributed by atoms with van der Waals surface area (Å²) in [5, 5.41) is 3.21. The van der Waals surface area contributed by atoms with Crippen LogP contribution >= 0.6 is 0 Å². The topological polar surface area (TPSA) is 61.4 Å². The maximum absolute atomic E-state index is 11.8. The summed E-state index contributed by atoms with van der Waals surface area (Å²) < 4.78 is 26.3. The number of nitrogens with one attached hydrogen (secondary N) is 2. The van der Waals surface area contributed by atoms with Crippen molar-refractivity contribution in [2.75, 3.05) is 39.5 Å². The summed E-state index contributed by atoms with van der Waals surface area (Å²) in [6.45, 7) is 6.02. The summed E-state index contributed by atoms with van der Waals surface area (Å²) in [7, 11) is 0.842. The van der Waals surface area contributed by atoms with Crippen LogP contribution in [0.25, 0.3) is 0 Å². The van der Waals surface area contributed by atoms with E-state index < -0.39 is 10.0 Å². The molecule has 0 radical (unpaired) electrons. The van der Waals surface area contributed by atoms with Crippen molar-refractivity contribution < 1.29 is 8.42 Å². The third-order valence-corrected chi connectivity index (χ3v) is 4.22. The minimum atomic E-state index is -3.15. The van der Waals surface area contributed by atoms with Gasteiger partial charge >= 0.3 is 0 Å². The molecule has 5 nitrogen and oxygen atoms in total. The van der Waals surface area contributed by atoms with Gasteiger partial charge in [-0.25, -0.2) is 13.1 Å². The first-order valence-corrected chi connectivity index (χ1v) is 8.21. The van der Waals surface area contributed by atoms with Crippen LogP contribution in [0.4, 0.5) is 0 Å². The maximum Gasteiger partial charge on any atom is 0.212 e. The van der Waals surface area contributed by atoms with E-state index in [9.17, 15) is 8.42 Å². The normalized spacial score (nSPS) is 17.4. The Morgan fingerprint density at radius 2 is 1.89 bits per heavy atom. The molecule has 0 aromatic carbocycles.